The highest BCUT2D eigenvalue weighted by molar-refractivity contribution is 6.05. The van der Waals surface area contributed by atoms with Crippen LogP contribution in [0.4, 0.5) is 5.69 Å². The molecule has 3 nitrogen and oxygen atoms in total. The normalized spacial score (nSPS) is 13.6. The molecule has 1 aliphatic carbocycles. The Bertz CT molecular complexity index is 835. The van der Waals surface area contributed by atoms with Gasteiger partial charge in [-0.3, -0.25) is 4.79 Å². The molecule has 4 rings (SSSR count). The van der Waals surface area contributed by atoms with Crippen molar-refractivity contribution in [1.29, 1.82) is 0 Å². The average molecular weight is 330 g/mol. The second-order valence-corrected chi connectivity index (χ2v) is 6.70. The molecular weight excluding hydrogens is 308 g/mol. The number of para-hydroxylation sites is 1. The first-order valence-electron chi connectivity index (χ1n) is 8.87. The van der Waals surface area contributed by atoms with E-state index in [0.29, 0.717) is 6.54 Å². The van der Waals surface area contributed by atoms with Gasteiger partial charge in [0, 0.05) is 18.4 Å². The molecule has 25 heavy (non-hydrogen) atoms. The molecule has 0 spiro atoms. The lowest BCUT2D eigenvalue weighted by Crippen LogP contribution is -2.32. The summed E-state index contributed by atoms with van der Waals surface area (Å²) in [6.07, 6.45) is 4.58. The van der Waals surface area contributed by atoms with E-state index in [1.165, 1.54) is 12.8 Å². The Balaban J connectivity index is 1.65. The van der Waals surface area contributed by atoms with Crippen LogP contribution in [-0.4, -0.2) is 10.5 Å². The molecule has 1 fully saturated rings. The first-order chi connectivity index (χ1) is 12.3. The van der Waals surface area contributed by atoms with Crippen LogP contribution in [0.15, 0.2) is 79.0 Å². The number of carbonyl (C=O) groups is 1. The van der Waals surface area contributed by atoms with Gasteiger partial charge in [0.15, 0.2) is 0 Å². The van der Waals surface area contributed by atoms with E-state index in [-0.39, 0.29) is 5.91 Å². The van der Waals surface area contributed by atoms with E-state index in [4.69, 9.17) is 0 Å². The Morgan fingerprint density at radius 2 is 1.60 bits per heavy atom. The summed E-state index contributed by atoms with van der Waals surface area (Å²) in [7, 11) is 0. The zero-order valence-electron chi connectivity index (χ0n) is 14.2. The number of rotatable bonds is 6. The Morgan fingerprint density at radius 1 is 0.920 bits per heavy atom. The minimum atomic E-state index is 0.0562. The lowest BCUT2D eigenvalue weighted by molar-refractivity contribution is 0.0976. The first-order valence-corrected chi connectivity index (χ1v) is 8.87. The van der Waals surface area contributed by atoms with Gasteiger partial charge in [0.1, 0.15) is 5.69 Å². The van der Waals surface area contributed by atoms with Crippen molar-refractivity contribution < 1.29 is 4.79 Å². The van der Waals surface area contributed by atoms with Gasteiger partial charge >= 0.3 is 0 Å². The quantitative estimate of drug-likeness (QED) is 0.640. The summed E-state index contributed by atoms with van der Waals surface area (Å²) in [5, 5.41) is 0. The van der Waals surface area contributed by atoms with Crippen LogP contribution in [0.5, 0.6) is 0 Å². The number of amides is 1. The Morgan fingerprint density at radius 3 is 2.28 bits per heavy atom. The van der Waals surface area contributed by atoms with Crippen LogP contribution >= 0.6 is 0 Å². The van der Waals surface area contributed by atoms with Crippen molar-refractivity contribution in [3.05, 3.63) is 90.3 Å². The molecule has 0 unspecified atom stereocenters. The molecule has 1 aliphatic rings. The molecule has 0 saturated heterocycles. The standard InChI is InChI=1S/C22H22N2O/c25-22(21-12-7-15-23(21)16-19-13-14-19)24(20-10-5-2-6-11-20)17-18-8-3-1-4-9-18/h1-12,15,19H,13-14,16-17H2. The summed E-state index contributed by atoms with van der Waals surface area (Å²) in [6.45, 7) is 1.51. The number of hydrogen-bond acceptors (Lipinski definition) is 1. The zero-order valence-corrected chi connectivity index (χ0v) is 14.2. The van der Waals surface area contributed by atoms with Crippen molar-refractivity contribution in [3.63, 3.8) is 0 Å². The maximum absolute atomic E-state index is 13.3. The second-order valence-electron chi connectivity index (χ2n) is 6.70. The zero-order chi connectivity index (χ0) is 17.1. The average Bonchev–Trinajstić information content (AvgIpc) is 3.36. The SMILES string of the molecule is O=C(c1cccn1CC1CC1)N(Cc1ccccc1)c1ccccc1. The van der Waals surface area contributed by atoms with Gasteiger partial charge < -0.3 is 9.47 Å². The third-order valence-electron chi connectivity index (χ3n) is 4.70. The predicted molar refractivity (Wildman–Crippen MR) is 101 cm³/mol. The van der Waals surface area contributed by atoms with E-state index >= 15 is 0 Å². The predicted octanol–water partition coefficient (Wildman–Crippen LogP) is 4.75. The monoisotopic (exact) mass is 330 g/mol. The van der Waals surface area contributed by atoms with Crippen molar-refractivity contribution in [3.8, 4) is 0 Å². The Kier molecular flexibility index (Phi) is 4.38. The molecule has 1 saturated carbocycles. The Hall–Kier alpha value is -2.81. The lowest BCUT2D eigenvalue weighted by Gasteiger charge is -2.24. The van der Waals surface area contributed by atoms with Gasteiger partial charge in [-0.2, -0.15) is 0 Å². The fourth-order valence-corrected chi connectivity index (χ4v) is 3.14. The minimum Gasteiger partial charge on any atom is -0.343 e. The van der Waals surface area contributed by atoms with Gasteiger partial charge in [0.05, 0.1) is 6.54 Å². The van der Waals surface area contributed by atoms with Crippen molar-refractivity contribution >= 4 is 11.6 Å². The highest BCUT2D eigenvalue weighted by atomic mass is 16.2. The topological polar surface area (TPSA) is 25.2 Å². The highest BCUT2D eigenvalue weighted by Gasteiger charge is 2.25. The minimum absolute atomic E-state index is 0.0562. The fraction of sp³-hybridized carbons (Fsp3) is 0.227. The van der Waals surface area contributed by atoms with E-state index in [1.54, 1.807) is 0 Å². The smallest absolute Gasteiger partial charge is 0.275 e. The van der Waals surface area contributed by atoms with Crippen LogP contribution in [0.25, 0.3) is 0 Å². The van der Waals surface area contributed by atoms with Crippen LogP contribution < -0.4 is 4.90 Å². The van der Waals surface area contributed by atoms with Crippen molar-refractivity contribution in [2.24, 2.45) is 5.92 Å². The molecule has 2 aromatic carbocycles. The highest BCUT2D eigenvalue weighted by Crippen LogP contribution is 2.31. The summed E-state index contributed by atoms with van der Waals surface area (Å²) in [6, 6.07) is 24.0. The van der Waals surface area contributed by atoms with Gasteiger partial charge in [-0.15, -0.1) is 0 Å². The molecule has 126 valence electrons. The second kappa shape index (κ2) is 6.98. The molecule has 0 atom stereocenters. The largest absolute Gasteiger partial charge is 0.343 e. The molecule has 3 heteroatoms. The van der Waals surface area contributed by atoms with Crippen molar-refractivity contribution in [2.75, 3.05) is 4.90 Å². The van der Waals surface area contributed by atoms with Gasteiger partial charge in [-0.1, -0.05) is 48.5 Å². The van der Waals surface area contributed by atoms with Gasteiger partial charge in [-0.05, 0) is 48.6 Å². The number of benzene rings is 2. The van der Waals surface area contributed by atoms with Crippen molar-refractivity contribution in [1.82, 2.24) is 4.57 Å². The third-order valence-corrected chi connectivity index (χ3v) is 4.70. The van der Waals surface area contributed by atoms with Gasteiger partial charge in [0.25, 0.3) is 5.91 Å². The third kappa shape index (κ3) is 3.66. The van der Waals surface area contributed by atoms with Crippen LogP contribution in [0.3, 0.4) is 0 Å². The van der Waals surface area contributed by atoms with E-state index in [2.05, 4.69) is 16.7 Å². The summed E-state index contributed by atoms with van der Waals surface area (Å²) < 4.78 is 2.11. The molecule has 1 amide bonds. The van der Waals surface area contributed by atoms with E-state index in [0.717, 1.165) is 29.4 Å². The van der Waals surface area contributed by atoms with Crippen LogP contribution in [-0.2, 0) is 13.1 Å². The van der Waals surface area contributed by atoms with Crippen LogP contribution in [0, 0.1) is 5.92 Å². The fourth-order valence-electron chi connectivity index (χ4n) is 3.14. The molecule has 0 aliphatic heterocycles. The number of aromatic nitrogens is 1. The molecule has 3 aromatic rings. The molecule has 1 aromatic heterocycles. The van der Waals surface area contributed by atoms with Crippen molar-refractivity contribution in [2.45, 2.75) is 25.9 Å². The van der Waals surface area contributed by atoms with E-state index in [9.17, 15) is 4.79 Å². The number of hydrogen-bond donors (Lipinski definition) is 0. The number of carbonyl (C=O) groups excluding carboxylic acids is 1. The molecule has 0 radical (unpaired) electrons. The summed E-state index contributed by atoms with van der Waals surface area (Å²) in [5.74, 6) is 0.791. The summed E-state index contributed by atoms with van der Waals surface area (Å²) in [4.78, 5) is 15.2. The van der Waals surface area contributed by atoms with Crippen LogP contribution in [0.2, 0.25) is 0 Å². The van der Waals surface area contributed by atoms with E-state index in [1.807, 2.05) is 71.8 Å². The number of anilines is 1. The van der Waals surface area contributed by atoms with E-state index < -0.39 is 0 Å². The molecule has 0 N–H and O–H groups in total. The first kappa shape index (κ1) is 15.7. The van der Waals surface area contributed by atoms with Gasteiger partial charge in [0.2, 0.25) is 0 Å². The maximum Gasteiger partial charge on any atom is 0.275 e. The molecule has 0 bridgehead atoms. The van der Waals surface area contributed by atoms with Crippen LogP contribution in [0.1, 0.15) is 28.9 Å². The molecular formula is C22H22N2O. The molecule has 1 heterocycles. The number of nitrogens with zero attached hydrogens (tertiary/aromatic N) is 2. The Labute approximate surface area is 148 Å². The lowest BCUT2D eigenvalue weighted by atomic mass is 10.2. The maximum atomic E-state index is 13.3. The summed E-state index contributed by atoms with van der Waals surface area (Å²) >= 11 is 0. The summed E-state index contributed by atoms with van der Waals surface area (Å²) in [5.41, 5.74) is 2.82. The van der Waals surface area contributed by atoms with Gasteiger partial charge in [-0.25, -0.2) is 0 Å².